The first-order valence-corrected chi connectivity index (χ1v) is 7.83. The third-order valence-electron chi connectivity index (χ3n) is 3.60. The lowest BCUT2D eigenvalue weighted by Crippen LogP contribution is -2.34. The molecule has 2 heterocycles. The number of hydrogen-bond donors (Lipinski definition) is 1. The van der Waals surface area contributed by atoms with Gasteiger partial charge in [-0.05, 0) is 30.7 Å². The van der Waals surface area contributed by atoms with E-state index in [0.717, 1.165) is 11.3 Å². The quantitative estimate of drug-likeness (QED) is 0.754. The molecule has 0 aliphatic rings. The fraction of sp³-hybridized carbons (Fsp3) is 0.222. The monoisotopic (exact) mass is 321 g/mol. The molecular weight excluding hydrogens is 302 g/mol. The van der Waals surface area contributed by atoms with Gasteiger partial charge >= 0.3 is 0 Å². The summed E-state index contributed by atoms with van der Waals surface area (Å²) in [5.74, 6) is -0.0892. The van der Waals surface area contributed by atoms with Crippen LogP contribution < -0.4 is 5.32 Å². The zero-order valence-corrected chi connectivity index (χ0v) is 13.5. The highest BCUT2D eigenvalue weighted by molar-refractivity contribution is 5.94. The predicted molar refractivity (Wildman–Crippen MR) is 90.4 cm³/mol. The van der Waals surface area contributed by atoms with Crippen LogP contribution in [0.1, 0.15) is 28.5 Å². The zero-order valence-electron chi connectivity index (χ0n) is 13.5. The number of nitrogens with zero attached hydrogens (tertiary/aromatic N) is 4. The van der Waals surface area contributed by atoms with Gasteiger partial charge in [0.1, 0.15) is 0 Å². The summed E-state index contributed by atoms with van der Waals surface area (Å²) >= 11 is 0. The van der Waals surface area contributed by atoms with E-state index in [1.165, 1.54) is 0 Å². The molecule has 24 heavy (non-hydrogen) atoms. The van der Waals surface area contributed by atoms with Crippen LogP contribution in [-0.4, -0.2) is 31.7 Å². The minimum atomic E-state index is -0.0892. The molecule has 1 aromatic carbocycles. The fourth-order valence-corrected chi connectivity index (χ4v) is 2.50. The maximum Gasteiger partial charge on any atom is 0.251 e. The third-order valence-corrected chi connectivity index (χ3v) is 3.60. The Hall–Kier alpha value is -3.02. The molecular formula is C18H19N5O. The molecule has 0 fully saturated rings. The number of aromatic nitrogens is 4. The van der Waals surface area contributed by atoms with Gasteiger partial charge in [-0.3, -0.25) is 19.4 Å². The van der Waals surface area contributed by atoms with E-state index in [1.807, 2.05) is 48.1 Å². The van der Waals surface area contributed by atoms with Crippen molar-refractivity contribution in [2.75, 3.05) is 0 Å². The van der Waals surface area contributed by atoms with Crippen molar-refractivity contribution in [3.8, 4) is 0 Å². The van der Waals surface area contributed by atoms with Crippen molar-refractivity contribution >= 4 is 5.91 Å². The summed E-state index contributed by atoms with van der Waals surface area (Å²) in [6, 6.07) is 9.44. The second-order valence-corrected chi connectivity index (χ2v) is 5.68. The van der Waals surface area contributed by atoms with Crippen LogP contribution >= 0.6 is 0 Å². The van der Waals surface area contributed by atoms with E-state index in [-0.39, 0.29) is 11.9 Å². The Bertz CT molecular complexity index is 786. The van der Waals surface area contributed by atoms with Gasteiger partial charge in [-0.2, -0.15) is 5.10 Å². The maximum absolute atomic E-state index is 12.4. The molecule has 122 valence electrons. The van der Waals surface area contributed by atoms with E-state index in [1.54, 1.807) is 24.8 Å². The molecule has 1 N–H and O–H groups in total. The topological polar surface area (TPSA) is 72.7 Å². The standard InChI is InChI=1S/C18H19N5O/c1-14(10-17-12-19-7-8-20-17)22-18(24)16-5-2-4-15(11-16)13-23-9-3-6-21-23/h2-9,11-12,14H,10,13H2,1H3,(H,22,24)/t14-/m0/s1. The number of carbonyl (C=O) groups is 1. The SMILES string of the molecule is C[C@@H](Cc1cnccn1)NC(=O)c1cccc(Cn2cccn2)c1. The maximum atomic E-state index is 12.4. The average molecular weight is 321 g/mol. The largest absolute Gasteiger partial charge is 0.349 e. The number of nitrogens with one attached hydrogen (secondary N) is 1. The highest BCUT2D eigenvalue weighted by atomic mass is 16.1. The van der Waals surface area contributed by atoms with E-state index >= 15 is 0 Å². The van der Waals surface area contributed by atoms with Gasteiger partial charge in [0.05, 0.1) is 12.2 Å². The van der Waals surface area contributed by atoms with E-state index in [2.05, 4.69) is 20.4 Å². The first kappa shape index (κ1) is 15.9. The summed E-state index contributed by atoms with van der Waals surface area (Å²) in [5, 5.41) is 7.19. The Morgan fingerprint density at radius 2 is 2.17 bits per heavy atom. The number of rotatable bonds is 6. The number of benzene rings is 1. The first-order valence-electron chi connectivity index (χ1n) is 7.83. The smallest absolute Gasteiger partial charge is 0.251 e. The molecule has 0 aliphatic heterocycles. The molecule has 3 aromatic rings. The molecule has 1 amide bonds. The summed E-state index contributed by atoms with van der Waals surface area (Å²) in [7, 11) is 0. The van der Waals surface area contributed by atoms with Gasteiger partial charge in [0.15, 0.2) is 0 Å². The van der Waals surface area contributed by atoms with Gasteiger partial charge in [-0.15, -0.1) is 0 Å². The molecule has 0 saturated carbocycles. The lowest BCUT2D eigenvalue weighted by Gasteiger charge is -2.14. The van der Waals surface area contributed by atoms with Crippen LogP contribution in [-0.2, 0) is 13.0 Å². The minimum absolute atomic E-state index is 0.0241. The molecule has 0 saturated heterocycles. The summed E-state index contributed by atoms with van der Waals surface area (Å²) in [5.41, 5.74) is 2.54. The lowest BCUT2D eigenvalue weighted by molar-refractivity contribution is 0.0940. The van der Waals surface area contributed by atoms with Gasteiger partial charge in [0, 0.05) is 49.0 Å². The Morgan fingerprint density at radius 1 is 1.25 bits per heavy atom. The van der Waals surface area contributed by atoms with Crippen molar-refractivity contribution < 1.29 is 4.79 Å². The second-order valence-electron chi connectivity index (χ2n) is 5.68. The molecule has 0 radical (unpaired) electrons. The molecule has 6 heteroatoms. The van der Waals surface area contributed by atoms with Gasteiger partial charge in [0.25, 0.3) is 5.91 Å². The Morgan fingerprint density at radius 3 is 2.92 bits per heavy atom. The van der Waals surface area contributed by atoms with Crippen LogP contribution in [0.5, 0.6) is 0 Å². The average Bonchev–Trinajstić information content (AvgIpc) is 3.09. The fourth-order valence-electron chi connectivity index (χ4n) is 2.50. The summed E-state index contributed by atoms with van der Waals surface area (Å²) in [6.45, 7) is 2.60. The van der Waals surface area contributed by atoms with Gasteiger partial charge in [0.2, 0.25) is 0 Å². The van der Waals surface area contributed by atoms with E-state index in [4.69, 9.17) is 0 Å². The van der Waals surface area contributed by atoms with Crippen LogP contribution in [0.15, 0.2) is 61.3 Å². The van der Waals surface area contributed by atoms with Crippen molar-refractivity contribution in [1.82, 2.24) is 25.1 Å². The van der Waals surface area contributed by atoms with E-state index in [9.17, 15) is 4.79 Å². The summed E-state index contributed by atoms with van der Waals surface area (Å²) in [6.07, 6.45) is 9.29. The van der Waals surface area contributed by atoms with Crippen molar-refractivity contribution in [2.45, 2.75) is 25.9 Å². The Labute approximate surface area is 140 Å². The molecule has 0 unspecified atom stereocenters. The van der Waals surface area contributed by atoms with Crippen LogP contribution in [0.4, 0.5) is 0 Å². The number of amides is 1. The first-order chi connectivity index (χ1) is 11.7. The van der Waals surface area contributed by atoms with Crippen LogP contribution in [0.25, 0.3) is 0 Å². The van der Waals surface area contributed by atoms with Gasteiger partial charge in [-0.1, -0.05) is 12.1 Å². The van der Waals surface area contributed by atoms with Crippen LogP contribution in [0.2, 0.25) is 0 Å². The minimum Gasteiger partial charge on any atom is -0.349 e. The number of carbonyl (C=O) groups excluding carboxylic acids is 1. The molecule has 2 aromatic heterocycles. The predicted octanol–water partition coefficient (Wildman–Crippen LogP) is 2.08. The van der Waals surface area contributed by atoms with Crippen molar-refractivity contribution in [3.63, 3.8) is 0 Å². The van der Waals surface area contributed by atoms with Crippen molar-refractivity contribution in [1.29, 1.82) is 0 Å². The molecule has 0 aliphatic carbocycles. The Kier molecular flexibility index (Phi) is 4.96. The van der Waals surface area contributed by atoms with Crippen LogP contribution in [0, 0.1) is 0 Å². The highest BCUT2D eigenvalue weighted by Gasteiger charge is 2.11. The molecule has 1 atom stereocenters. The summed E-state index contributed by atoms with van der Waals surface area (Å²) < 4.78 is 1.83. The molecule has 0 bridgehead atoms. The van der Waals surface area contributed by atoms with E-state index < -0.39 is 0 Å². The van der Waals surface area contributed by atoms with E-state index in [0.29, 0.717) is 18.5 Å². The van der Waals surface area contributed by atoms with Gasteiger partial charge < -0.3 is 5.32 Å². The van der Waals surface area contributed by atoms with Crippen LogP contribution in [0.3, 0.4) is 0 Å². The zero-order chi connectivity index (χ0) is 16.8. The summed E-state index contributed by atoms with van der Waals surface area (Å²) in [4.78, 5) is 20.7. The molecule has 3 rings (SSSR count). The number of hydrogen-bond acceptors (Lipinski definition) is 4. The van der Waals surface area contributed by atoms with Crippen molar-refractivity contribution in [3.05, 3.63) is 78.1 Å². The third kappa shape index (κ3) is 4.25. The Balaban J connectivity index is 1.62. The lowest BCUT2D eigenvalue weighted by atomic mass is 10.1. The highest BCUT2D eigenvalue weighted by Crippen LogP contribution is 2.08. The van der Waals surface area contributed by atoms with Crippen molar-refractivity contribution in [2.24, 2.45) is 0 Å². The molecule has 6 nitrogen and oxygen atoms in total. The molecule has 0 spiro atoms. The normalized spacial score (nSPS) is 11.9. The van der Waals surface area contributed by atoms with Gasteiger partial charge in [-0.25, -0.2) is 0 Å². The second kappa shape index (κ2) is 7.50.